The van der Waals surface area contributed by atoms with Crippen molar-refractivity contribution >= 4 is 13.8 Å². The van der Waals surface area contributed by atoms with E-state index in [0.717, 1.165) is 0 Å². The third-order valence-electron chi connectivity index (χ3n) is 4.60. The molecule has 1 aromatic rings. The van der Waals surface area contributed by atoms with E-state index in [1.807, 2.05) is 0 Å². The van der Waals surface area contributed by atoms with Gasteiger partial charge in [0.05, 0.1) is 0 Å². The molecule has 1 aliphatic rings. The molecule has 1 atom stereocenters. The van der Waals surface area contributed by atoms with Crippen molar-refractivity contribution in [1.29, 1.82) is 0 Å². The number of benzene rings is 1. The molecule has 1 aromatic carbocycles. The van der Waals surface area contributed by atoms with Crippen molar-refractivity contribution in [2.24, 2.45) is 0 Å². The summed E-state index contributed by atoms with van der Waals surface area (Å²) in [5, 5.41) is 0. The van der Waals surface area contributed by atoms with Crippen LogP contribution in [0, 0.1) is 13.8 Å². The van der Waals surface area contributed by atoms with E-state index in [1.165, 1.54) is 22.3 Å². The Labute approximate surface area is 170 Å². The first-order chi connectivity index (χ1) is 9.15. The van der Waals surface area contributed by atoms with E-state index in [1.54, 1.807) is 11.1 Å². The van der Waals surface area contributed by atoms with Crippen molar-refractivity contribution in [3.8, 4) is 0 Å². The van der Waals surface area contributed by atoms with Gasteiger partial charge in [-0.3, -0.25) is 0 Å². The van der Waals surface area contributed by atoms with Crippen LogP contribution in [-0.2, 0) is 21.7 Å². The second-order valence-electron chi connectivity index (χ2n) is 7.31. The van der Waals surface area contributed by atoms with Crippen molar-refractivity contribution in [2.75, 3.05) is 0 Å². The molecule has 0 heterocycles. The van der Waals surface area contributed by atoms with Gasteiger partial charge in [-0.25, -0.2) is 0 Å². The Morgan fingerprint density at radius 2 is 1.52 bits per heavy atom. The quantitative estimate of drug-likeness (QED) is 0.632. The third-order valence-corrected chi connectivity index (χ3v) is 8.11. The number of halogens is 2. The Kier molecular flexibility index (Phi) is 10.3. The summed E-state index contributed by atoms with van der Waals surface area (Å²) in [6, 6.07) is 5.30. The Morgan fingerprint density at radius 1 is 1.00 bits per heavy atom. The molecular weight excluding hydrogens is 377 g/mol. The molecule has 0 aromatic heterocycles. The van der Waals surface area contributed by atoms with Crippen molar-refractivity contribution in [3.63, 3.8) is 0 Å². The fourth-order valence-corrected chi connectivity index (χ4v) is 8.10. The smallest absolute Gasteiger partial charge is 1.00 e. The molecular formula is C18H29Cl2NSiTi. The van der Waals surface area contributed by atoms with Crippen molar-refractivity contribution < 1.29 is 46.5 Å². The number of rotatable bonds is 3. The zero-order chi connectivity index (χ0) is 15.2. The average Bonchev–Trinajstić information content (AvgIpc) is 2.49. The van der Waals surface area contributed by atoms with E-state index < -0.39 is 8.24 Å². The number of hydrogen-bond donors (Lipinski definition) is 1. The van der Waals surface area contributed by atoms with Gasteiger partial charge in [0.2, 0.25) is 0 Å². The van der Waals surface area contributed by atoms with Crippen molar-refractivity contribution in [1.82, 2.24) is 4.98 Å². The average molecular weight is 406 g/mol. The maximum absolute atomic E-state index is 3.90. The summed E-state index contributed by atoms with van der Waals surface area (Å²) in [5.41, 5.74) is 9.62. The molecule has 5 heteroatoms. The molecule has 0 spiro atoms. The minimum Gasteiger partial charge on any atom is -1.00 e. The molecule has 1 N–H and O–H groups in total. The second-order valence-corrected chi connectivity index (χ2v) is 11.6. The molecule has 1 nitrogen and oxygen atoms in total. The SMILES string of the molecule is CC1=C(C)C([Si](C)(C)NC(C)C)c2cc(C)cc(C)c21.[Cl-].[Cl-].[Ti+2]. The predicted molar refractivity (Wildman–Crippen MR) is 92.7 cm³/mol. The summed E-state index contributed by atoms with van der Waals surface area (Å²) in [6.45, 7) is 18.6. The van der Waals surface area contributed by atoms with Gasteiger partial charge in [-0.05, 0) is 56.0 Å². The molecule has 0 amide bonds. The minimum atomic E-state index is -1.54. The molecule has 0 radical (unpaired) electrons. The van der Waals surface area contributed by atoms with Gasteiger partial charge in [0.1, 0.15) is 8.24 Å². The van der Waals surface area contributed by atoms with Crippen LogP contribution in [0.2, 0.25) is 13.1 Å². The maximum Gasteiger partial charge on any atom is 2.00 e. The molecule has 23 heavy (non-hydrogen) atoms. The molecule has 0 saturated carbocycles. The number of allylic oxidation sites excluding steroid dienone is 2. The van der Waals surface area contributed by atoms with Gasteiger partial charge < -0.3 is 29.8 Å². The first-order valence-electron chi connectivity index (χ1n) is 7.71. The Balaban J connectivity index is 0. The zero-order valence-electron chi connectivity index (χ0n) is 15.6. The van der Waals surface area contributed by atoms with E-state index in [0.29, 0.717) is 11.6 Å². The predicted octanol–water partition coefficient (Wildman–Crippen LogP) is -1.06. The number of hydrogen-bond acceptors (Lipinski definition) is 1. The Hall–Kier alpha value is 0.431. The van der Waals surface area contributed by atoms with Crippen molar-refractivity contribution in [3.05, 3.63) is 40.0 Å². The van der Waals surface area contributed by atoms with Gasteiger partial charge in [-0.1, -0.05) is 50.2 Å². The van der Waals surface area contributed by atoms with Gasteiger partial charge in [0, 0.05) is 5.54 Å². The molecule has 1 unspecified atom stereocenters. The molecule has 0 bridgehead atoms. The topological polar surface area (TPSA) is 12.0 Å². The van der Waals surface area contributed by atoms with Gasteiger partial charge in [0.15, 0.2) is 0 Å². The second kappa shape index (κ2) is 9.22. The van der Waals surface area contributed by atoms with Gasteiger partial charge >= 0.3 is 21.7 Å². The maximum atomic E-state index is 3.90. The molecule has 0 saturated heterocycles. The van der Waals surface area contributed by atoms with Crippen LogP contribution in [0.4, 0.5) is 0 Å². The monoisotopic (exact) mass is 405 g/mol. The number of aryl methyl sites for hydroxylation is 2. The van der Waals surface area contributed by atoms with Crippen LogP contribution in [0.3, 0.4) is 0 Å². The van der Waals surface area contributed by atoms with Gasteiger partial charge in [0.25, 0.3) is 0 Å². The minimum absolute atomic E-state index is 0. The van der Waals surface area contributed by atoms with E-state index in [9.17, 15) is 0 Å². The van der Waals surface area contributed by atoms with Crippen LogP contribution >= 0.6 is 0 Å². The third kappa shape index (κ3) is 4.96. The summed E-state index contributed by atoms with van der Waals surface area (Å²) in [5.74, 6) is 0. The first kappa shape index (κ1) is 25.7. The largest absolute Gasteiger partial charge is 2.00 e. The fourth-order valence-electron chi connectivity index (χ4n) is 4.14. The zero-order valence-corrected chi connectivity index (χ0v) is 19.6. The van der Waals surface area contributed by atoms with E-state index in [4.69, 9.17) is 0 Å². The van der Waals surface area contributed by atoms with Crippen LogP contribution in [0.15, 0.2) is 17.7 Å². The van der Waals surface area contributed by atoms with Crippen LogP contribution < -0.4 is 29.8 Å². The summed E-state index contributed by atoms with van der Waals surface area (Å²) < 4.78 is 0. The fraction of sp³-hybridized carbons (Fsp3) is 0.556. The van der Waals surface area contributed by atoms with Gasteiger partial charge in [-0.2, -0.15) is 0 Å². The van der Waals surface area contributed by atoms with Crippen LogP contribution in [0.1, 0.15) is 55.5 Å². The van der Waals surface area contributed by atoms with Crippen LogP contribution in [-0.4, -0.2) is 14.3 Å². The molecule has 1 aliphatic carbocycles. The van der Waals surface area contributed by atoms with Crippen molar-refractivity contribution in [2.45, 2.75) is 66.2 Å². The molecule has 0 aliphatic heterocycles. The van der Waals surface area contributed by atoms with E-state index in [-0.39, 0.29) is 46.5 Å². The number of fused-ring (bicyclic) bond motifs is 1. The first-order valence-corrected chi connectivity index (χ1v) is 10.8. The molecule has 0 fully saturated rings. The van der Waals surface area contributed by atoms with E-state index >= 15 is 0 Å². The Morgan fingerprint density at radius 3 is 2.00 bits per heavy atom. The van der Waals surface area contributed by atoms with E-state index in [2.05, 4.69) is 71.8 Å². The summed E-state index contributed by atoms with van der Waals surface area (Å²) in [4.78, 5) is 3.90. The Bertz CT molecular complexity index is 583. The van der Waals surface area contributed by atoms with Gasteiger partial charge in [-0.15, -0.1) is 0 Å². The molecule has 128 valence electrons. The summed E-state index contributed by atoms with van der Waals surface area (Å²) in [7, 11) is -1.54. The van der Waals surface area contributed by atoms with Crippen LogP contribution in [0.5, 0.6) is 0 Å². The summed E-state index contributed by atoms with van der Waals surface area (Å²) in [6.07, 6.45) is 0. The molecule has 2 rings (SSSR count). The van der Waals surface area contributed by atoms with Crippen LogP contribution in [0.25, 0.3) is 5.57 Å². The standard InChI is InChI=1S/C18H29NSi.2ClH.Ti/c1-11(2)19-20(7,8)18-15(6)14(5)17-13(4)9-12(3)10-16(17)18;;;/h9-11,18-19H,1-8H3;2*1H;/q;;;+2/p-2. The summed E-state index contributed by atoms with van der Waals surface area (Å²) >= 11 is 0. The normalized spacial score (nSPS) is 16.5. The number of nitrogens with one attached hydrogen (secondary N) is 1.